The minimum atomic E-state index is -1.30. The normalized spacial score (nSPS) is 14.1. The molecule has 0 aliphatic carbocycles. The van der Waals surface area contributed by atoms with E-state index >= 15 is 0 Å². The van der Waals surface area contributed by atoms with Crippen LogP contribution in [0.1, 0.15) is 15.9 Å². The van der Waals surface area contributed by atoms with E-state index in [9.17, 15) is 19.5 Å². The van der Waals surface area contributed by atoms with Crippen LogP contribution in [0.3, 0.4) is 0 Å². The number of anilines is 1. The van der Waals surface area contributed by atoms with Gasteiger partial charge in [0.2, 0.25) is 0 Å². The van der Waals surface area contributed by atoms with Crippen LogP contribution in [-0.2, 0) is 16.0 Å². The molecule has 2 aromatic carbocycles. The summed E-state index contributed by atoms with van der Waals surface area (Å²) in [7, 11) is 0. The number of nitrogens with one attached hydrogen (secondary N) is 1. The number of benzene rings is 2. The number of carbonyl (C=O) groups excluding carboxylic acids is 3. The summed E-state index contributed by atoms with van der Waals surface area (Å²) in [5.74, 6) is -2.37. The second kappa shape index (κ2) is 7.41. The summed E-state index contributed by atoms with van der Waals surface area (Å²) in [6, 6.07) is 15.1. The van der Waals surface area contributed by atoms with Crippen LogP contribution in [0.5, 0.6) is 0 Å². The number of hydrogen-bond donors (Lipinski definition) is 1. The van der Waals surface area contributed by atoms with Gasteiger partial charge in [-0.3, -0.25) is 14.5 Å². The number of carbonyl (C=O) groups is 3. The maximum Gasteiger partial charge on any atom is 0.278 e. The van der Waals surface area contributed by atoms with E-state index in [0.29, 0.717) is 12.1 Å². The highest BCUT2D eigenvalue weighted by molar-refractivity contribution is 6.48. The summed E-state index contributed by atoms with van der Waals surface area (Å²) in [6.07, 6.45) is 0.524. The molecule has 132 valence electrons. The first kappa shape index (κ1) is 17.7. The van der Waals surface area contributed by atoms with Crippen molar-refractivity contribution in [1.29, 1.82) is 0 Å². The van der Waals surface area contributed by atoms with Gasteiger partial charge in [0.15, 0.2) is 0 Å². The summed E-state index contributed by atoms with van der Waals surface area (Å²) in [4.78, 5) is 36.7. The van der Waals surface area contributed by atoms with Gasteiger partial charge in [-0.15, -0.1) is 0 Å². The predicted octanol–water partition coefficient (Wildman–Crippen LogP) is 1.52. The quantitative estimate of drug-likeness (QED) is 0.780. The zero-order valence-corrected chi connectivity index (χ0v) is 14.3. The van der Waals surface area contributed by atoms with Crippen molar-refractivity contribution < 1.29 is 19.5 Å². The van der Waals surface area contributed by atoms with E-state index in [0.717, 1.165) is 10.5 Å². The standard InChI is InChI=1S/C19H15ClN2O4/c20-15-16(21-14-8-6-13(7-9-14)19(25)26)18(24)22(17(15)23)11-10-12-4-2-1-3-5-12/h1-9,21H,10-11H2,(H,25,26)/p-1. The molecule has 2 aromatic rings. The largest absolute Gasteiger partial charge is 0.545 e. The van der Waals surface area contributed by atoms with Crippen LogP contribution < -0.4 is 10.4 Å². The number of hydrogen-bond acceptors (Lipinski definition) is 5. The third-order valence-corrected chi connectivity index (χ3v) is 4.32. The monoisotopic (exact) mass is 369 g/mol. The number of nitrogens with zero attached hydrogens (tertiary/aromatic N) is 1. The van der Waals surface area contributed by atoms with Gasteiger partial charge in [-0.25, -0.2) is 0 Å². The van der Waals surface area contributed by atoms with Gasteiger partial charge < -0.3 is 15.2 Å². The van der Waals surface area contributed by atoms with Crippen molar-refractivity contribution in [3.8, 4) is 0 Å². The van der Waals surface area contributed by atoms with E-state index < -0.39 is 17.8 Å². The van der Waals surface area contributed by atoms with Crippen molar-refractivity contribution in [2.75, 3.05) is 11.9 Å². The van der Waals surface area contributed by atoms with Gasteiger partial charge in [0.25, 0.3) is 11.8 Å². The molecular formula is C19H14ClN2O4-. The Balaban J connectivity index is 1.71. The summed E-state index contributed by atoms with van der Waals surface area (Å²) in [5, 5.41) is 13.4. The Morgan fingerprint density at radius 2 is 1.65 bits per heavy atom. The van der Waals surface area contributed by atoms with Crippen LogP contribution in [0.15, 0.2) is 65.3 Å². The molecule has 0 unspecified atom stereocenters. The average Bonchev–Trinajstić information content (AvgIpc) is 2.85. The summed E-state index contributed by atoms with van der Waals surface area (Å²) < 4.78 is 0. The number of imide groups is 1. The lowest BCUT2D eigenvalue weighted by atomic mass is 10.1. The maximum atomic E-state index is 12.5. The molecule has 1 aliphatic rings. The lowest BCUT2D eigenvalue weighted by Crippen LogP contribution is -2.34. The van der Waals surface area contributed by atoms with Crippen molar-refractivity contribution in [2.45, 2.75) is 6.42 Å². The Labute approximate surface area is 154 Å². The fourth-order valence-electron chi connectivity index (χ4n) is 2.58. The highest BCUT2D eigenvalue weighted by atomic mass is 35.5. The van der Waals surface area contributed by atoms with Gasteiger partial charge in [-0.1, -0.05) is 54.1 Å². The van der Waals surface area contributed by atoms with Gasteiger partial charge in [0, 0.05) is 12.2 Å². The van der Waals surface area contributed by atoms with Gasteiger partial charge in [0.05, 0.1) is 5.97 Å². The third kappa shape index (κ3) is 3.60. The highest BCUT2D eigenvalue weighted by Gasteiger charge is 2.37. The van der Waals surface area contributed by atoms with E-state index in [-0.39, 0.29) is 22.8 Å². The molecule has 0 aromatic heterocycles. The molecule has 1 heterocycles. The maximum absolute atomic E-state index is 12.5. The van der Waals surface area contributed by atoms with E-state index in [1.54, 1.807) is 0 Å². The molecule has 26 heavy (non-hydrogen) atoms. The van der Waals surface area contributed by atoms with Crippen LogP contribution >= 0.6 is 11.6 Å². The molecule has 1 aliphatic heterocycles. The predicted molar refractivity (Wildman–Crippen MR) is 94.1 cm³/mol. The number of carboxylic acids is 1. The Bertz CT molecular complexity index is 892. The van der Waals surface area contributed by atoms with Crippen LogP contribution in [0, 0.1) is 0 Å². The summed E-state index contributed by atoms with van der Waals surface area (Å²) >= 11 is 6.03. The lowest BCUT2D eigenvalue weighted by Gasteiger charge is -2.15. The number of amides is 2. The fourth-order valence-corrected chi connectivity index (χ4v) is 2.81. The molecule has 0 radical (unpaired) electrons. The molecule has 3 rings (SSSR count). The molecule has 0 spiro atoms. The van der Waals surface area contributed by atoms with Gasteiger partial charge in [-0.05, 0) is 29.7 Å². The molecule has 7 heteroatoms. The Hall–Kier alpha value is -3.12. The van der Waals surface area contributed by atoms with Crippen LogP contribution in [0.25, 0.3) is 0 Å². The molecule has 0 fully saturated rings. The number of halogens is 1. The lowest BCUT2D eigenvalue weighted by molar-refractivity contribution is -0.255. The average molecular weight is 370 g/mol. The van der Waals surface area contributed by atoms with Crippen molar-refractivity contribution >= 4 is 35.1 Å². The molecule has 0 saturated heterocycles. The van der Waals surface area contributed by atoms with E-state index in [1.807, 2.05) is 30.3 Å². The SMILES string of the molecule is O=C([O-])c1ccc(NC2=C(Cl)C(=O)N(CCc3ccccc3)C2=O)cc1. The minimum absolute atomic E-state index is 0.00828. The zero-order valence-electron chi connectivity index (χ0n) is 13.6. The molecule has 1 N–H and O–H groups in total. The summed E-state index contributed by atoms with van der Waals surface area (Å²) in [5.41, 5.74) is 1.43. The Morgan fingerprint density at radius 1 is 1.00 bits per heavy atom. The first-order valence-corrected chi connectivity index (χ1v) is 8.23. The molecular weight excluding hydrogens is 356 g/mol. The smallest absolute Gasteiger partial charge is 0.278 e. The minimum Gasteiger partial charge on any atom is -0.545 e. The van der Waals surface area contributed by atoms with E-state index in [1.165, 1.54) is 24.3 Å². The summed E-state index contributed by atoms with van der Waals surface area (Å²) in [6.45, 7) is 0.215. The molecule has 2 amide bonds. The van der Waals surface area contributed by atoms with Gasteiger partial charge in [0.1, 0.15) is 10.7 Å². The molecule has 0 saturated carbocycles. The Kier molecular flexibility index (Phi) is 5.04. The van der Waals surface area contributed by atoms with Crippen molar-refractivity contribution in [3.63, 3.8) is 0 Å². The molecule has 6 nitrogen and oxygen atoms in total. The number of aromatic carboxylic acids is 1. The van der Waals surface area contributed by atoms with Crippen LogP contribution in [0.2, 0.25) is 0 Å². The van der Waals surface area contributed by atoms with Crippen LogP contribution in [0.4, 0.5) is 5.69 Å². The van der Waals surface area contributed by atoms with Gasteiger partial charge in [-0.2, -0.15) is 0 Å². The highest BCUT2D eigenvalue weighted by Crippen LogP contribution is 2.26. The van der Waals surface area contributed by atoms with Crippen molar-refractivity contribution in [3.05, 3.63) is 76.5 Å². The van der Waals surface area contributed by atoms with E-state index in [2.05, 4.69) is 5.32 Å². The second-order valence-electron chi connectivity index (χ2n) is 5.68. The van der Waals surface area contributed by atoms with Crippen molar-refractivity contribution in [2.24, 2.45) is 0 Å². The first-order valence-electron chi connectivity index (χ1n) is 7.85. The first-order chi connectivity index (χ1) is 12.5. The van der Waals surface area contributed by atoms with Crippen LogP contribution in [-0.4, -0.2) is 29.2 Å². The third-order valence-electron chi connectivity index (χ3n) is 3.97. The number of carboxylic acid groups (broad SMARTS) is 1. The topological polar surface area (TPSA) is 89.5 Å². The number of rotatable bonds is 6. The van der Waals surface area contributed by atoms with Crippen molar-refractivity contribution in [1.82, 2.24) is 4.90 Å². The Morgan fingerprint density at radius 3 is 2.27 bits per heavy atom. The second-order valence-corrected chi connectivity index (χ2v) is 6.05. The van der Waals surface area contributed by atoms with Gasteiger partial charge >= 0.3 is 0 Å². The van der Waals surface area contributed by atoms with E-state index in [4.69, 9.17) is 11.6 Å². The molecule has 0 atom stereocenters. The fraction of sp³-hybridized carbons (Fsp3) is 0.105. The zero-order chi connectivity index (χ0) is 18.7. The molecule has 0 bridgehead atoms.